The van der Waals surface area contributed by atoms with E-state index in [4.69, 9.17) is 13.9 Å². The zero-order chi connectivity index (χ0) is 17.7. The van der Waals surface area contributed by atoms with Crippen molar-refractivity contribution in [3.05, 3.63) is 29.5 Å². The Morgan fingerprint density at radius 3 is 3.00 bits per heavy atom. The molecule has 0 saturated heterocycles. The summed E-state index contributed by atoms with van der Waals surface area (Å²) < 4.78 is 15.9. The van der Waals surface area contributed by atoms with E-state index in [1.807, 2.05) is 24.4 Å². The molecule has 8 heteroatoms. The topological polar surface area (TPSA) is 80.9 Å². The van der Waals surface area contributed by atoms with Gasteiger partial charge in [-0.15, -0.1) is 11.3 Å². The molecule has 138 valence electrons. The lowest BCUT2D eigenvalue weighted by atomic mass is 10.4. The van der Waals surface area contributed by atoms with E-state index < -0.39 is 0 Å². The fourth-order valence-corrected chi connectivity index (χ4v) is 2.68. The summed E-state index contributed by atoms with van der Waals surface area (Å²) in [5.74, 6) is 1.41. The van der Waals surface area contributed by atoms with Crippen molar-refractivity contribution in [2.24, 2.45) is 4.99 Å². The zero-order valence-electron chi connectivity index (χ0n) is 14.8. The predicted octanol–water partition coefficient (Wildman–Crippen LogP) is 2.51. The first-order valence-electron chi connectivity index (χ1n) is 8.40. The number of aromatic nitrogens is 1. The van der Waals surface area contributed by atoms with Crippen LogP contribution in [0.15, 0.2) is 33.2 Å². The Bertz CT molecular complexity index is 613. The molecule has 2 N–H and O–H groups in total. The smallest absolute Gasteiger partial charge is 0.236 e. The normalized spacial score (nSPS) is 11.7. The lowest BCUT2D eigenvalue weighted by molar-refractivity contribution is 0.0698. The highest BCUT2D eigenvalue weighted by Crippen LogP contribution is 2.23. The fourth-order valence-electron chi connectivity index (χ4n) is 2.02. The monoisotopic (exact) mass is 366 g/mol. The number of methoxy groups -OCH3 is 1. The molecule has 7 nitrogen and oxygen atoms in total. The van der Waals surface area contributed by atoms with Gasteiger partial charge in [0, 0.05) is 26.8 Å². The molecule has 0 bridgehead atoms. The SMILES string of the molecule is CCNC(=NCc1coc(-c2cccs2)n1)NCCCOCCOC. The van der Waals surface area contributed by atoms with Crippen LogP contribution in [0.4, 0.5) is 0 Å². The summed E-state index contributed by atoms with van der Waals surface area (Å²) in [6, 6.07) is 3.97. The van der Waals surface area contributed by atoms with Gasteiger partial charge in [0.25, 0.3) is 0 Å². The third-order valence-electron chi connectivity index (χ3n) is 3.22. The number of nitrogens with one attached hydrogen (secondary N) is 2. The number of rotatable bonds is 11. The van der Waals surface area contributed by atoms with Crippen LogP contribution in [0.3, 0.4) is 0 Å². The third-order valence-corrected chi connectivity index (χ3v) is 4.07. The maximum absolute atomic E-state index is 5.51. The van der Waals surface area contributed by atoms with Gasteiger partial charge < -0.3 is 24.5 Å². The largest absolute Gasteiger partial charge is 0.443 e. The molecule has 0 amide bonds. The summed E-state index contributed by atoms with van der Waals surface area (Å²) in [4.78, 5) is 10.0. The van der Waals surface area contributed by atoms with Gasteiger partial charge in [-0.25, -0.2) is 9.98 Å². The van der Waals surface area contributed by atoms with E-state index in [2.05, 4.69) is 20.6 Å². The summed E-state index contributed by atoms with van der Waals surface area (Å²) in [6.07, 6.45) is 2.56. The summed E-state index contributed by atoms with van der Waals surface area (Å²) in [7, 11) is 1.67. The number of nitrogens with zero attached hydrogens (tertiary/aromatic N) is 2. The molecule has 0 unspecified atom stereocenters. The maximum Gasteiger partial charge on any atom is 0.236 e. The van der Waals surface area contributed by atoms with Crippen LogP contribution in [0.1, 0.15) is 19.0 Å². The van der Waals surface area contributed by atoms with Gasteiger partial charge in [0.2, 0.25) is 5.89 Å². The van der Waals surface area contributed by atoms with Gasteiger partial charge in [-0.1, -0.05) is 6.07 Å². The van der Waals surface area contributed by atoms with Crippen LogP contribution in [-0.4, -0.2) is 51.0 Å². The highest BCUT2D eigenvalue weighted by molar-refractivity contribution is 7.13. The van der Waals surface area contributed by atoms with Crippen LogP contribution in [0.2, 0.25) is 0 Å². The molecule has 0 saturated carbocycles. The first-order valence-corrected chi connectivity index (χ1v) is 9.28. The zero-order valence-corrected chi connectivity index (χ0v) is 15.6. The number of guanidine groups is 1. The molecule has 0 aliphatic heterocycles. The Labute approximate surface area is 152 Å². The van der Waals surface area contributed by atoms with Gasteiger partial charge in [0.1, 0.15) is 12.0 Å². The van der Waals surface area contributed by atoms with Crippen molar-refractivity contribution in [2.75, 3.05) is 40.0 Å². The number of hydrogen-bond acceptors (Lipinski definition) is 6. The van der Waals surface area contributed by atoms with Crippen LogP contribution in [0.5, 0.6) is 0 Å². The minimum Gasteiger partial charge on any atom is -0.443 e. The summed E-state index contributed by atoms with van der Waals surface area (Å²) in [5, 5.41) is 8.51. The van der Waals surface area contributed by atoms with Crippen molar-refractivity contribution in [3.63, 3.8) is 0 Å². The standard InChI is InChI=1S/C17H26N4O3S/c1-3-18-17(19-7-5-8-23-10-9-22-2)20-12-14-13-24-16(21-14)15-6-4-11-25-15/h4,6,11,13H,3,5,7-10,12H2,1-2H3,(H2,18,19,20). The van der Waals surface area contributed by atoms with Gasteiger partial charge in [-0.2, -0.15) is 0 Å². The third kappa shape index (κ3) is 7.25. The van der Waals surface area contributed by atoms with Gasteiger partial charge in [0.05, 0.1) is 24.6 Å². The number of thiophene rings is 1. The van der Waals surface area contributed by atoms with E-state index in [0.717, 1.165) is 36.0 Å². The Morgan fingerprint density at radius 1 is 1.32 bits per heavy atom. The van der Waals surface area contributed by atoms with Crippen molar-refractivity contribution < 1.29 is 13.9 Å². The molecular formula is C17H26N4O3S. The van der Waals surface area contributed by atoms with Gasteiger partial charge in [-0.05, 0) is 24.8 Å². The summed E-state index contributed by atoms with van der Waals surface area (Å²) >= 11 is 1.61. The lowest BCUT2D eigenvalue weighted by Crippen LogP contribution is -2.38. The van der Waals surface area contributed by atoms with Gasteiger partial charge in [0.15, 0.2) is 5.96 Å². The van der Waals surface area contributed by atoms with Crippen molar-refractivity contribution in [1.82, 2.24) is 15.6 Å². The molecule has 0 aliphatic carbocycles. The molecule has 2 aromatic rings. The minimum absolute atomic E-state index is 0.467. The molecule has 2 aromatic heterocycles. The molecule has 0 atom stereocenters. The first-order chi connectivity index (χ1) is 12.3. The number of ether oxygens (including phenoxy) is 2. The number of aliphatic imine (C=N–C) groups is 1. The molecule has 0 aliphatic rings. The van der Waals surface area contributed by atoms with E-state index in [1.165, 1.54) is 0 Å². The minimum atomic E-state index is 0.467. The molecule has 0 aromatic carbocycles. The molecule has 0 radical (unpaired) electrons. The summed E-state index contributed by atoms with van der Waals surface area (Å²) in [5.41, 5.74) is 0.809. The second-order valence-corrected chi connectivity index (χ2v) is 6.15. The highest BCUT2D eigenvalue weighted by Gasteiger charge is 2.07. The van der Waals surface area contributed by atoms with Gasteiger partial charge >= 0.3 is 0 Å². The highest BCUT2D eigenvalue weighted by atomic mass is 32.1. The molecule has 0 spiro atoms. The van der Waals surface area contributed by atoms with Crippen LogP contribution in [-0.2, 0) is 16.0 Å². The van der Waals surface area contributed by atoms with Crippen molar-refractivity contribution in [1.29, 1.82) is 0 Å². The Hall–Kier alpha value is -1.90. The average molecular weight is 366 g/mol. The van der Waals surface area contributed by atoms with Crippen LogP contribution in [0, 0.1) is 0 Å². The molecular weight excluding hydrogens is 340 g/mol. The quantitative estimate of drug-likeness (QED) is 0.361. The van der Waals surface area contributed by atoms with Crippen LogP contribution >= 0.6 is 11.3 Å². The van der Waals surface area contributed by atoms with E-state index in [-0.39, 0.29) is 0 Å². The Balaban J connectivity index is 1.75. The van der Waals surface area contributed by atoms with Crippen LogP contribution < -0.4 is 10.6 Å². The van der Waals surface area contributed by atoms with Crippen molar-refractivity contribution in [2.45, 2.75) is 19.9 Å². The molecule has 2 rings (SSSR count). The predicted molar refractivity (Wildman–Crippen MR) is 99.9 cm³/mol. The van der Waals surface area contributed by atoms with Crippen LogP contribution in [0.25, 0.3) is 10.8 Å². The molecule has 0 fully saturated rings. The van der Waals surface area contributed by atoms with Crippen molar-refractivity contribution in [3.8, 4) is 10.8 Å². The van der Waals surface area contributed by atoms with E-state index in [1.54, 1.807) is 24.7 Å². The maximum atomic E-state index is 5.51. The number of oxazole rings is 1. The molecule has 25 heavy (non-hydrogen) atoms. The second-order valence-electron chi connectivity index (χ2n) is 5.20. The number of hydrogen-bond donors (Lipinski definition) is 2. The van der Waals surface area contributed by atoms with E-state index in [9.17, 15) is 0 Å². The summed E-state index contributed by atoms with van der Waals surface area (Å²) in [6.45, 7) is 6.05. The molecule has 2 heterocycles. The first kappa shape index (κ1) is 19.4. The second kappa shape index (κ2) is 11.6. The van der Waals surface area contributed by atoms with E-state index >= 15 is 0 Å². The fraction of sp³-hybridized carbons (Fsp3) is 0.529. The van der Waals surface area contributed by atoms with Crippen molar-refractivity contribution >= 4 is 17.3 Å². The average Bonchev–Trinajstić information content (AvgIpc) is 3.30. The lowest BCUT2D eigenvalue weighted by Gasteiger charge is -2.11. The van der Waals surface area contributed by atoms with Gasteiger partial charge in [-0.3, -0.25) is 0 Å². The Kier molecular flexibility index (Phi) is 9.03. The Morgan fingerprint density at radius 2 is 2.24 bits per heavy atom. The van der Waals surface area contributed by atoms with E-state index in [0.29, 0.717) is 32.3 Å².